The van der Waals surface area contributed by atoms with Crippen LogP contribution in [0.15, 0.2) is 24.3 Å². The number of aliphatic hydroxyl groups excluding tert-OH is 1. The Balaban J connectivity index is 1.93. The van der Waals surface area contributed by atoms with Crippen LogP contribution in [0.5, 0.6) is 0 Å². The number of carbonyl (C=O) groups is 1. The number of hydrogen-bond donors (Lipinski definition) is 2. The number of amides is 1. The summed E-state index contributed by atoms with van der Waals surface area (Å²) in [4.78, 5) is 15.6. The predicted octanol–water partition coefficient (Wildman–Crippen LogP) is 1.34. The molecule has 0 aliphatic carbocycles. The molecule has 0 fully saturated rings. The van der Waals surface area contributed by atoms with Gasteiger partial charge in [-0.15, -0.1) is 11.3 Å². The molecule has 90 valence electrons. The highest BCUT2D eigenvalue weighted by atomic mass is 32.1. The molecule has 2 N–H and O–H groups in total. The molecule has 0 saturated carbocycles. The number of para-hydroxylation sites is 1. The Bertz CT molecular complexity index is 489. The maximum Gasteiger partial charge on any atom is 0.248 e. The molecule has 5 heteroatoms. The summed E-state index contributed by atoms with van der Waals surface area (Å²) in [6.07, 6.45) is -0.261. The fourth-order valence-corrected chi connectivity index (χ4v) is 2.43. The van der Waals surface area contributed by atoms with E-state index in [4.69, 9.17) is 5.11 Å². The first kappa shape index (κ1) is 12.0. The second-order valence-corrected chi connectivity index (χ2v) is 4.91. The molecule has 0 spiro atoms. The van der Waals surface area contributed by atoms with Gasteiger partial charge >= 0.3 is 0 Å². The van der Waals surface area contributed by atoms with E-state index in [0.717, 1.165) is 15.2 Å². The number of benzene rings is 1. The molecule has 1 aromatic carbocycles. The third-order valence-electron chi connectivity index (χ3n) is 2.36. The summed E-state index contributed by atoms with van der Waals surface area (Å²) in [6.45, 7) is 1.95. The van der Waals surface area contributed by atoms with Crippen molar-refractivity contribution < 1.29 is 9.90 Å². The Morgan fingerprint density at radius 2 is 2.29 bits per heavy atom. The van der Waals surface area contributed by atoms with Crippen molar-refractivity contribution in [2.45, 2.75) is 19.4 Å². The van der Waals surface area contributed by atoms with E-state index >= 15 is 0 Å². The molecule has 0 aliphatic heterocycles. The average molecular weight is 250 g/mol. The molecule has 1 aromatic heterocycles. The van der Waals surface area contributed by atoms with E-state index in [9.17, 15) is 4.79 Å². The first-order valence-corrected chi connectivity index (χ1v) is 6.28. The van der Waals surface area contributed by atoms with Gasteiger partial charge < -0.3 is 10.4 Å². The molecule has 0 radical (unpaired) electrons. The summed E-state index contributed by atoms with van der Waals surface area (Å²) in [7, 11) is 0. The molecule has 0 saturated heterocycles. The second kappa shape index (κ2) is 5.25. The van der Waals surface area contributed by atoms with Gasteiger partial charge in [0.25, 0.3) is 0 Å². The summed E-state index contributed by atoms with van der Waals surface area (Å²) in [5.41, 5.74) is 0.995. The van der Waals surface area contributed by atoms with E-state index in [-0.39, 0.29) is 5.91 Å². The van der Waals surface area contributed by atoms with Gasteiger partial charge in [0.05, 0.1) is 15.2 Å². The van der Waals surface area contributed by atoms with Gasteiger partial charge in [-0.05, 0) is 19.1 Å². The van der Waals surface area contributed by atoms with Crippen LogP contribution in [0.4, 0.5) is 0 Å². The van der Waals surface area contributed by atoms with Gasteiger partial charge in [-0.25, -0.2) is 4.98 Å². The van der Waals surface area contributed by atoms with Crippen molar-refractivity contribution in [1.82, 2.24) is 10.3 Å². The highest BCUT2D eigenvalue weighted by Crippen LogP contribution is 2.21. The Kier molecular flexibility index (Phi) is 3.71. The van der Waals surface area contributed by atoms with E-state index in [1.54, 1.807) is 11.3 Å². The monoisotopic (exact) mass is 250 g/mol. The third-order valence-corrected chi connectivity index (χ3v) is 3.45. The van der Waals surface area contributed by atoms with Crippen LogP contribution in [0.1, 0.15) is 11.9 Å². The molecule has 0 aliphatic rings. The van der Waals surface area contributed by atoms with Crippen LogP contribution >= 0.6 is 11.3 Å². The van der Waals surface area contributed by atoms with E-state index in [0.29, 0.717) is 13.0 Å². The normalized spacial score (nSPS) is 12.6. The Hall–Kier alpha value is -1.46. The van der Waals surface area contributed by atoms with Crippen LogP contribution in [-0.4, -0.2) is 28.6 Å². The van der Waals surface area contributed by atoms with Crippen LogP contribution in [-0.2, 0) is 11.2 Å². The zero-order valence-corrected chi connectivity index (χ0v) is 10.3. The van der Waals surface area contributed by atoms with Crippen molar-refractivity contribution in [1.29, 1.82) is 0 Å². The number of rotatable bonds is 4. The zero-order valence-electron chi connectivity index (χ0n) is 9.51. The molecule has 1 amide bonds. The van der Waals surface area contributed by atoms with E-state index in [1.165, 1.54) is 6.92 Å². The Labute approximate surface area is 103 Å². The van der Waals surface area contributed by atoms with Crippen molar-refractivity contribution in [2.75, 3.05) is 6.54 Å². The summed E-state index contributed by atoms with van der Waals surface area (Å²) in [5, 5.41) is 12.7. The fourth-order valence-electron chi connectivity index (χ4n) is 1.47. The van der Waals surface area contributed by atoms with Crippen molar-refractivity contribution in [2.24, 2.45) is 0 Å². The first-order valence-electron chi connectivity index (χ1n) is 5.47. The highest BCUT2D eigenvalue weighted by molar-refractivity contribution is 7.18. The minimum absolute atomic E-state index is 0.342. The van der Waals surface area contributed by atoms with Crippen LogP contribution in [0.25, 0.3) is 10.2 Å². The van der Waals surface area contributed by atoms with Crippen LogP contribution in [0.3, 0.4) is 0 Å². The quantitative estimate of drug-likeness (QED) is 0.860. The molecular weight excluding hydrogens is 236 g/mol. The number of carbonyl (C=O) groups excluding carboxylic acids is 1. The fraction of sp³-hybridized carbons (Fsp3) is 0.333. The number of fused-ring (bicyclic) bond motifs is 1. The average Bonchev–Trinajstić information content (AvgIpc) is 2.71. The third kappa shape index (κ3) is 3.01. The lowest BCUT2D eigenvalue weighted by Crippen LogP contribution is -2.33. The smallest absolute Gasteiger partial charge is 0.248 e. The number of thiazole rings is 1. The highest BCUT2D eigenvalue weighted by Gasteiger charge is 2.08. The largest absolute Gasteiger partial charge is 0.384 e. The number of nitrogens with zero attached hydrogens (tertiary/aromatic N) is 1. The number of hydrogen-bond acceptors (Lipinski definition) is 4. The number of nitrogens with one attached hydrogen (secondary N) is 1. The SMILES string of the molecule is CC(O)C(=O)NCCc1nc2ccccc2s1. The van der Waals surface area contributed by atoms with Crippen molar-refractivity contribution in [3.8, 4) is 0 Å². The van der Waals surface area contributed by atoms with Gasteiger partial charge in [-0.2, -0.15) is 0 Å². The van der Waals surface area contributed by atoms with Crippen LogP contribution in [0.2, 0.25) is 0 Å². The topological polar surface area (TPSA) is 62.2 Å². The molecule has 1 heterocycles. The summed E-state index contributed by atoms with van der Waals surface area (Å²) in [6, 6.07) is 7.95. The summed E-state index contributed by atoms with van der Waals surface area (Å²) < 4.78 is 1.16. The Morgan fingerprint density at radius 1 is 1.53 bits per heavy atom. The first-order chi connectivity index (χ1) is 8.16. The summed E-state index contributed by atoms with van der Waals surface area (Å²) >= 11 is 1.63. The molecule has 2 rings (SSSR count). The minimum Gasteiger partial charge on any atom is -0.384 e. The van der Waals surface area contributed by atoms with Gasteiger partial charge in [0.15, 0.2) is 0 Å². The zero-order chi connectivity index (χ0) is 12.3. The van der Waals surface area contributed by atoms with E-state index in [2.05, 4.69) is 10.3 Å². The van der Waals surface area contributed by atoms with Crippen LogP contribution < -0.4 is 5.32 Å². The molecule has 2 aromatic rings. The maximum absolute atomic E-state index is 11.1. The van der Waals surface area contributed by atoms with Gasteiger partial charge in [-0.1, -0.05) is 12.1 Å². The standard InChI is InChI=1S/C12H14N2O2S/c1-8(15)12(16)13-7-6-11-14-9-4-2-3-5-10(9)17-11/h2-5,8,15H,6-7H2,1H3,(H,13,16). The molecular formula is C12H14N2O2S. The second-order valence-electron chi connectivity index (χ2n) is 3.79. The van der Waals surface area contributed by atoms with Gasteiger partial charge in [0.1, 0.15) is 6.10 Å². The van der Waals surface area contributed by atoms with Crippen molar-refractivity contribution >= 4 is 27.5 Å². The minimum atomic E-state index is -0.953. The lowest BCUT2D eigenvalue weighted by Gasteiger charge is -2.04. The predicted molar refractivity (Wildman–Crippen MR) is 68.0 cm³/mol. The van der Waals surface area contributed by atoms with E-state index < -0.39 is 6.10 Å². The van der Waals surface area contributed by atoms with Crippen molar-refractivity contribution in [3.63, 3.8) is 0 Å². The van der Waals surface area contributed by atoms with Gasteiger partial charge in [0, 0.05) is 13.0 Å². The molecule has 1 atom stereocenters. The molecule has 17 heavy (non-hydrogen) atoms. The van der Waals surface area contributed by atoms with E-state index in [1.807, 2.05) is 24.3 Å². The number of aliphatic hydroxyl groups is 1. The Morgan fingerprint density at radius 3 is 3.00 bits per heavy atom. The van der Waals surface area contributed by atoms with Crippen LogP contribution in [0, 0.1) is 0 Å². The lowest BCUT2D eigenvalue weighted by atomic mass is 10.3. The van der Waals surface area contributed by atoms with Crippen molar-refractivity contribution in [3.05, 3.63) is 29.3 Å². The van der Waals surface area contributed by atoms with Gasteiger partial charge in [-0.3, -0.25) is 4.79 Å². The summed E-state index contributed by atoms with van der Waals surface area (Å²) in [5.74, 6) is -0.342. The molecule has 0 bridgehead atoms. The molecule has 4 nitrogen and oxygen atoms in total. The number of aromatic nitrogens is 1. The maximum atomic E-state index is 11.1. The molecule has 1 unspecified atom stereocenters. The van der Waals surface area contributed by atoms with Gasteiger partial charge in [0.2, 0.25) is 5.91 Å². The lowest BCUT2D eigenvalue weighted by molar-refractivity contribution is -0.128.